The number of hydrogen-bond acceptors (Lipinski definition) is 4. The van der Waals surface area contributed by atoms with Gasteiger partial charge < -0.3 is 4.74 Å². The number of nitrogens with zero attached hydrogens (tertiary/aromatic N) is 1. The van der Waals surface area contributed by atoms with Gasteiger partial charge in [0.2, 0.25) is 0 Å². The van der Waals surface area contributed by atoms with Crippen molar-refractivity contribution in [1.82, 2.24) is 0 Å². The molecule has 0 aliphatic carbocycles. The molecule has 7 heteroatoms. The molecule has 2 aromatic rings. The maximum absolute atomic E-state index is 13.8. The lowest BCUT2D eigenvalue weighted by Crippen LogP contribution is -2.05. The van der Waals surface area contributed by atoms with E-state index in [2.05, 4.69) is 4.74 Å². The van der Waals surface area contributed by atoms with Crippen LogP contribution in [-0.2, 0) is 4.74 Å². The molecule has 0 aromatic heterocycles. The van der Waals surface area contributed by atoms with Gasteiger partial charge in [-0.3, -0.25) is 10.1 Å². The van der Waals surface area contributed by atoms with Gasteiger partial charge in [0.05, 0.1) is 17.6 Å². The molecule has 0 amide bonds. The van der Waals surface area contributed by atoms with E-state index in [0.29, 0.717) is 0 Å². The smallest absolute Gasteiger partial charge is 0.338 e. The normalized spacial score (nSPS) is 10.2. The molecule has 2 rings (SSSR count). The largest absolute Gasteiger partial charge is 0.465 e. The van der Waals surface area contributed by atoms with Gasteiger partial charge in [-0.25, -0.2) is 13.6 Å². The molecule has 0 saturated heterocycles. The van der Waals surface area contributed by atoms with E-state index in [4.69, 9.17) is 0 Å². The molecule has 2 aromatic carbocycles. The van der Waals surface area contributed by atoms with Gasteiger partial charge >= 0.3 is 5.97 Å². The van der Waals surface area contributed by atoms with Crippen LogP contribution >= 0.6 is 0 Å². The molecule has 0 N–H and O–H groups in total. The first-order valence-corrected chi connectivity index (χ1v) is 5.77. The quantitative estimate of drug-likeness (QED) is 0.494. The van der Waals surface area contributed by atoms with Crippen molar-refractivity contribution in [2.45, 2.75) is 0 Å². The van der Waals surface area contributed by atoms with Crippen LogP contribution in [0.1, 0.15) is 10.4 Å². The van der Waals surface area contributed by atoms with Crippen LogP contribution in [0.2, 0.25) is 0 Å². The van der Waals surface area contributed by atoms with Crippen LogP contribution < -0.4 is 0 Å². The topological polar surface area (TPSA) is 69.4 Å². The predicted octanol–water partition coefficient (Wildman–Crippen LogP) is 3.33. The maximum atomic E-state index is 13.8. The summed E-state index contributed by atoms with van der Waals surface area (Å²) in [6, 6.07) is 6.73. The number of carbonyl (C=O) groups is 1. The summed E-state index contributed by atoms with van der Waals surface area (Å²) in [4.78, 5) is 21.8. The maximum Gasteiger partial charge on any atom is 0.338 e. The van der Waals surface area contributed by atoms with Gasteiger partial charge in [-0.2, -0.15) is 0 Å². The first-order chi connectivity index (χ1) is 9.95. The Morgan fingerprint density at radius 1 is 1.19 bits per heavy atom. The number of ether oxygens (including phenoxy) is 1. The average molecular weight is 293 g/mol. The van der Waals surface area contributed by atoms with Crippen LogP contribution in [0.15, 0.2) is 36.4 Å². The molecule has 0 aliphatic heterocycles. The van der Waals surface area contributed by atoms with Crippen LogP contribution in [0.4, 0.5) is 14.5 Å². The molecule has 0 aliphatic rings. The predicted molar refractivity (Wildman–Crippen MR) is 69.8 cm³/mol. The Hall–Kier alpha value is -2.83. The van der Waals surface area contributed by atoms with Crippen molar-refractivity contribution < 1.29 is 23.2 Å². The van der Waals surface area contributed by atoms with Gasteiger partial charge in [-0.1, -0.05) is 12.1 Å². The number of hydrogen-bond donors (Lipinski definition) is 0. The first-order valence-electron chi connectivity index (χ1n) is 5.77. The van der Waals surface area contributed by atoms with Crippen molar-refractivity contribution in [2.75, 3.05) is 7.11 Å². The van der Waals surface area contributed by atoms with Crippen LogP contribution in [-0.4, -0.2) is 18.0 Å². The van der Waals surface area contributed by atoms with Crippen molar-refractivity contribution in [1.29, 1.82) is 0 Å². The highest BCUT2D eigenvalue weighted by atomic mass is 19.2. The van der Waals surface area contributed by atoms with E-state index in [1.54, 1.807) is 0 Å². The van der Waals surface area contributed by atoms with Gasteiger partial charge in [0.15, 0.2) is 11.6 Å². The van der Waals surface area contributed by atoms with Crippen LogP contribution in [0.25, 0.3) is 11.1 Å². The van der Waals surface area contributed by atoms with Crippen molar-refractivity contribution in [3.63, 3.8) is 0 Å². The highest BCUT2D eigenvalue weighted by molar-refractivity contribution is 5.98. The van der Waals surface area contributed by atoms with Crippen molar-refractivity contribution >= 4 is 11.7 Å². The Morgan fingerprint density at radius 3 is 2.52 bits per heavy atom. The second-order valence-corrected chi connectivity index (χ2v) is 4.08. The number of methoxy groups -OCH3 is 1. The monoisotopic (exact) mass is 293 g/mol. The Morgan fingerprint density at radius 2 is 1.90 bits per heavy atom. The Labute approximate surface area is 117 Å². The molecule has 0 atom stereocenters. The zero-order valence-electron chi connectivity index (χ0n) is 10.8. The third-order valence-electron chi connectivity index (χ3n) is 2.86. The number of nitro benzene ring substituents is 1. The number of non-ortho nitro benzene ring substituents is 1. The zero-order chi connectivity index (χ0) is 15.6. The van der Waals surface area contributed by atoms with Gasteiger partial charge in [0, 0.05) is 17.7 Å². The number of benzene rings is 2. The van der Waals surface area contributed by atoms with Crippen LogP contribution in [0, 0.1) is 21.7 Å². The van der Waals surface area contributed by atoms with Gasteiger partial charge in [0.1, 0.15) is 0 Å². The molecule has 0 fully saturated rings. The summed E-state index contributed by atoms with van der Waals surface area (Å²) in [5.74, 6) is -3.10. The summed E-state index contributed by atoms with van der Waals surface area (Å²) in [5.41, 5.74) is -0.720. The molecule has 0 spiro atoms. The fourth-order valence-electron chi connectivity index (χ4n) is 1.87. The lowest BCUT2D eigenvalue weighted by Gasteiger charge is -2.09. The minimum absolute atomic E-state index is 0.0180. The van der Waals surface area contributed by atoms with E-state index in [1.807, 2.05) is 0 Å². The Balaban J connectivity index is 2.70. The van der Waals surface area contributed by atoms with Crippen molar-refractivity contribution in [2.24, 2.45) is 0 Å². The number of esters is 1. The summed E-state index contributed by atoms with van der Waals surface area (Å²) in [6.07, 6.45) is 0. The third-order valence-corrected chi connectivity index (χ3v) is 2.86. The summed E-state index contributed by atoms with van der Waals surface area (Å²) in [6.45, 7) is 0. The number of nitro groups is 1. The minimum Gasteiger partial charge on any atom is -0.465 e. The molecule has 0 heterocycles. The fraction of sp³-hybridized carbons (Fsp3) is 0.0714. The van der Waals surface area contributed by atoms with E-state index in [9.17, 15) is 23.7 Å². The molecule has 5 nitrogen and oxygen atoms in total. The SMILES string of the molecule is COC(=O)c1cc([N+](=O)[O-])ccc1-c1cccc(F)c1F. The molecule has 0 bridgehead atoms. The van der Waals surface area contributed by atoms with E-state index >= 15 is 0 Å². The van der Waals surface area contributed by atoms with Crippen LogP contribution in [0.3, 0.4) is 0 Å². The number of carbonyl (C=O) groups excluding carboxylic acids is 1. The van der Waals surface area contributed by atoms with E-state index < -0.39 is 22.5 Å². The average Bonchev–Trinajstić information content (AvgIpc) is 2.48. The van der Waals surface area contributed by atoms with E-state index in [0.717, 1.165) is 25.3 Å². The van der Waals surface area contributed by atoms with Gasteiger partial charge in [0.25, 0.3) is 5.69 Å². The summed E-state index contributed by atoms with van der Waals surface area (Å²) in [7, 11) is 1.09. The van der Waals surface area contributed by atoms with Gasteiger partial charge in [-0.15, -0.1) is 0 Å². The van der Waals surface area contributed by atoms with E-state index in [1.165, 1.54) is 18.2 Å². The third kappa shape index (κ3) is 2.71. The number of halogens is 2. The molecular formula is C14H9F2NO4. The lowest BCUT2D eigenvalue weighted by atomic mass is 9.98. The summed E-state index contributed by atoms with van der Waals surface area (Å²) >= 11 is 0. The van der Waals surface area contributed by atoms with Crippen molar-refractivity contribution in [3.8, 4) is 11.1 Å². The minimum atomic E-state index is -1.14. The van der Waals surface area contributed by atoms with Crippen LogP contribution in [0.5, 0.6) is 0 Å². The highest BCUT2D eigenvalue weighted by Gasteiger charge is 2.21. The second-order valence-electron chi connectivity index (χ2n) is 4.08. The molecule has 108 valence electrons. The molecule has 0 unspecified atom stereocenters. The highest BCUT2D eigenvalue weighted by Crippen LogP contribution is 2.30. The standard InChI is InChI=1S/C14H9F2NO4/c1-21-14(18)11-7-8(17(19)20)5-6-9(11)10-3-2-4-12(15)13(10)16/h2-7H,1H3. The Bertz CT molecular complexity index is 731. The van der Waals surface area contributed by atoms with Gasteiger partial charge in [-0.05, 0) is 17.7 Å². The zero-order valence-corrected chi connectivity index (χ0v) is 10.8. The summed E-state index contributed by atoms with van der Waals surface area (Å²) < 4.78 is 31.6. The molecule has 0 saturated carbocycles. The molecule has 21 heavy (non-hydrogen) atoms. The molecule has 0 radical (unpaired) electrons. The fourth-order valence-corrected chi connectivity index (χ4v) is 1.87. The molecular weight excluding hydrogens is 284 g/mol. The second kappa shape index (κ2) is 5.66. The first kappa shape index (κ1) is 14.6. The van der Waals surface area contributed by atoms with E-state index in [-0.39, 0.29) is 22.4 Å². The van der Waals surface area contributed by atoms with Crippen molar-refractivity contribution in [3.05, 3.63) is 63.7 Å². The lowest BCUT2D eigenvalue weighted by molar-refractivity contribution is -0.384. The number of rotatable bonds is 3. The Kier molecular flexibility index (Phi) is 3.93. The summed E-state index contributed by atoms with van der Waals surface area (Å²) in [5, 5.41) is 10.8.